The molecule has 1 N–H and O–H groups in total. The van der Waals surface area contributed by atoms with Crippen molar-refractivity contribution in [1.82, 2.24) is 9.97 Å². The van der Waals surface area contributed by atoms with Crippen molar-refractivity contribution in [3.8, 4) is 5.75 Å². The van der Waals surface area contributed by atoms with E-state index in [2.05, 4.69) is 20.2 Å². The van der Waals surface area contributed by atoms with Gasteiger partial charge in [0.25, 0.3) is 0 Å². The summed E-state index contributed by atoms with van der Waals surface area (Å²) < 4.78 is 48.7. The summed E-state index contributed by atoms with van der Waals surface area (Å²) in [6.45, 7) is 3.48. The number of hydrogen-bond donors (Lipinski definition) is 1. The first-order valence-corrected chi connectivity index (χ1v) is 8.21. The average Bonchev–Trinajstić information content (AvgIpc) is 2.66. The van der Waals surface area contributed by atoms with Crippen LogP contribution in [0.4, 0.5) is 24.8 Å². The maximum Gasteiger partial charge on any atom is 0.416 e. The van der Waals surface area contributed by atoms with E-state index in [0.717, 1.165) is 31.0 Å². The summed E-state index contributed by atoms with van der Waals surface area (Å²) in [6, 6.07) is 6.65. The van der Waals surface area contributed by atoms with Crippen LogP contribution in [0.5, 0.6) is 5.75 Å². The first-order valence-electron chi connectivity index (χ1n) is 8.21. The van der Waals surface area contributed by atoms with Gasteiger partial charge in [0, 0.05) is 19.2 Å². The van der Waals surface area contributed by atoms with Crippen LogP contribution >= 0.6 is 0 Å². The fraction of sp³-hybridized carbons (Fsp3) is 0.412. The molecule has 9 heteroatoms. The van der Waals surface area contributed by atoms with E-state index < -0.39 is 11.7 Å². The van der Waals surface area contributed by atoms with Crippen molar-refractivity contribution in [1.29, 1.82) is 0 Å². The summed E-state index contributed by atoms with van der Waals surface area (Å²) >= 11 is 0. The molecule has 1 aromatic carbocycles. The number of alkyl halides is 3. The van der Waals surface area contributed by atoms with Crippen LogP contribution in [-0.2, 0) is 10.9 Å². The second kappa shape index (κ2) is 8.22. The minimum absolute atomic E-state index is 0.179. The van der Waals surface area contributed by atoms with Crippen LogP contribution in [0.1, 0.15) is 5.56 Å². The van der Waals surface area contributed by atoms with Crippen LogP contribution in [0, 0.1) is 0 Å². The quantitative estimate of drug-likeness (QED) is 0.792. The molecular weight excluding hydrogens is 349 g/mol. The number of halogens is 3. The fourth-order valence-corrected chi connectivity index (χ4v) is 2.52. The van der Waals surface area contributed by atoms with E-state index in [9.17, 15) is 13.2 Å². The Morgan fingerprint density at radius 1 is 1.15 bits per heavy atom. The van der Waals surface area contributed by atoms with Gasteiger partial charge in [0.05, 0.1) is 25.3 Å². The molecule has 0 saturated carbocycles. The highest BCUT2D eigenvalue weighted by Crippen LogP contribution is 2.31. The third-order valence-electron chi connectivity index (χ3n) is 3.83. The topological polar surface area (TPSA) is 59.5 Å². The van der Waals surface area contributed by atoms with E-state index in [0.29, 0.717) is 25.6 Å². The van der Waals surface area contributed by atoms with E-state index in [1.807, 2.05) is 6.07 Å². The predicted octanol–water partition coefficient (Wildman–Crippen LogP) is 2.82. The molecule has 26 heavy (non-hydrogen) atoms. The molecule has 1 saturated heterocycles. The van der Waals surface area contributed by atoms with Crippen molar-refractivity contribution in [2.75, 3.05) is 49.7 Å². The van der Waals surface area contributed by atoms with Crippen molar-refractivity contribution in [3.63, 3.8) is 0 Å². The molecule has 0 aliphatic carbocycles. The Labute approximate surface area is 149 Å². The normalized spacial score (nSPS) is 15.0. The average molecular weight is 368 g/mol. The highest BCUT2D eigenvalue weighted by atomic mass is 19.4. The van der Waals surface area contributed by atoms with Gasteiger partial charge in [-0.05, 0) is 18.2 Å². The summed E-state index contributed by atoms with van der Waals surface area (Å²) in [5.41, 5.74) is -0.728. The number of morpholine rings is 1. The van der Waals surface area contributed by atoms with Crippen LogP contribution in [0.3, 0.4) is 0 Å². The molecule has 1 aliphatic heterocycles. The monoisotopic (exact) mass is 368 g/mol. The van der Waals surface area contributed by atoms with Gasteiger partial charge >= 0.3 is 6.18 Å². The van der Waals surface area contributed by atoms with Gasteiger partial charge in [0.2, 0.25) is 0 Å². The first-order chi connectivity index (χ1) is 12.5. The smallest absolute Gasteiger partial charge is 0.416 e. The Morgan fingerprint density at radius 2 is 1.96 bits per heavy atom. The predicted molar refractivity (Wildman–Crippen MR) is 90.5 cm³/mol. The van der Waals surface area contributed by atoms with Crippen molar-refractivity contribution in [2.45, 2.75) is 6.18 Å². The first kappa shape index (κ1) is 18.2. The molecular formula is C17H19F3N4O2. The number of rotatable bonds is 6. The molecule has 140 valence electrons. The molecule has 0 radical (unpaired) electrons. The van der Waals surface area contributed by atoms with E-state index in [1.165, 1.54) is 18.5 Å². The van der Waals surface area contributed by atoms with Crippen molar-refractivity contribution < 1.29 is 22.6 Å². The van der Waals surface area contributed by atoms with E-state index >= 15 is 0 Å². The number of anilines is 2. The van der Waals surface area contributed by atoms with Gasteiger partial charge in [-0.1, -0.05) is 6.07 Å². The van der Waals surface area contributed by atoms with Gasteiger partial charge in [-0.3, -0.25) is 0 Å². The molecule has 2 aromatic rings. The molecule has 1 aliphatic rings. The van der Waals surface area contributed by atoms with Crippen LogP contribution < -0.4 is 15.0 Å². The Morgan fingerprint density at radius 3 is 2.73 bits per heavy atom. The fourth-order valence-electron chi connectivity index (χ4n) is 2.52. The molecule has 0 bridgehead atoms. The Bertz CT molecular complexity index is 721. The Hall–Kier alpha value is -2.55. The zero-order valence-corrected chi connectivity index (χ0v) is 14.0. The molecule has 6 nitrogen and oxygen atoms in total. The summed E-state index contributed by atoms with van der Waals surface area (Å²) in [5.74, 6) is 1.62. The molecule has 0 spiro atoms. The van der Waals surface area contributed by atoms with Crippen LogP contribution in [-0.4, -0.2) is 49.4 Å². The molecule has 2 heterocycles. The van der Waals surface area contributed by atoms with Gasteiger partial charge in [-0.25, -0.2) is 9.97 Å². The zero-order chi connectivity index (χ0) is 18.4. The summed E-state index contributed by atoms with van der Waals surface area (Å²) in [7, 11) is 0. The number of nitrogens with zero attached hydrogens (tertiary/aromatic N) is 3. The zero-order valence-electron chi connectivity index (χ0n) is 14.0. The largest absolute Gasteiger partial charge is 0.492 e. The molecule has 0 unspecified atom stereocenters. The number of hydrogen-bond acceptors (Lipinski definition) is 6. The number of ether oxygens (including phenoxy) is 2. The lowest BCUT2D eigenvalue weighted by atomic mass is 10.2. The van der Waals surface area contributed by atoms with Crippen LogP contribution in [0.2, 0.25) is 0 Å². The Kier molecular flexibility index (Phi) is 5.77. The standard InChI is InChI=1S/C17H19F3N4O2/c18-17(19,20)13-2-1-3-14(10-13)26-7-4-21-15-11-16(23-12-22-15)24-5-8-25-9-6-24/h1-3,10-12H,4-9H2,(H,21,22,23). The Balaban J connectivity index is 1.49. The molecule has 1 fully saturated rings. The second-order valence-corrected chi connectivity index (χ2v) is 5.66. The highest BCUT2D eigenvalue weighted by Gasteiger charge is 2.30. The van der Waals surface area contributed by atoms with E-state index in [-0.39, 0.29) is 12.4 Å². The van der Waals surface area contributed by atoms with E-state index in [4.69, 9.17) is 9.47 Å². The SMILES string of the molecule is FC(F)(F)c1cccc(OCCNc2cc(N3CCOCC3)ncn2)c1. The molecule has 1 aromatic heterocycles. The van der Waals surface area contributed by atoms with Crippen LogP contribution in [0.25, 0.3) is 0 Å². The minimum atomic E-state index is -4.38. The highest BCUT2D eigenvalue weighted by molar-refractivity contribution is 5.48. The van der Waals surface area contributed by atoms with E-state index in [1.54, 1.807) is 0 Å². The minimum Gasteiger partial charge on any atom is -0.492 e. The van der Waals surface area contributed by atoms with Crippen molar-refractivity contribution in [3.05, 3.63) is 42.2 Å². The lowest BCUT2D eigenvalue weighted by molar-refractivity contribution is -0.137. The third kappa shape index (κ3) is 4.98. The number of aromatic nitrogens is 2. The molecule has 3 rings (SSSR count). The molecule has 0 atom stereocenters. The van der Waals surface area contributed by atoms with Gasteiger partial charge in [-0.2, -0.15) is 13.2 Å². The summed E-state index contributed by atoms with van der Waals surface area (Å²) in [6.07, 6.45) is -2.91. The molecule has 0 amide bonds. The third-order valence-corrected chi connectivity index (χ3v) is 3.83. The summed E-state index contributed by atoms with van der Waals surface area (Å²) in [5, 5.41) is 3.08. The maximum atomic E-state index is 12.7. The van der Waals surface area contributed by atoms with Crippen molar-refractivity contribution >= 4 is 11.6 Å². The lowest BCUT2D eigenvalue weighted by Gasteiger charge is -2.27. The van der Waals surface area contributed by atoms with Gasteiger partial charge in [0.15, 0.2) is 0 Å². The second-order valence-electron chi connectivity index (χ2n) is 5.66. The van der Waals surface area contributed by atoms with Gasteiger partial charge in [0.1, 0.15) is 30.3 Å². The summed E-state index contributed by atoms with van der Waals surface area (Å²) in [4.78, 5) is 10.5. The number of benzene rings is 1. The van der Waals surface area contributed by atoms with Crippen LogP contribution in [0.15, 0.2) is 36.7 Å². The number of nitrogens with one attached hydrogen (secondary N) is 1. The van der Waals surface area contributed by atoms with Gasteiger partial charge in [-0.15, -0.1) is 0 Å². The van der Waals surface area contributed by atoms with Crippen molar-refractivity contribution in [2.24, 2.45) is 0 Å². The maximum absolute atomic E-state index is 12.7. The van der Waals surface area contributed by atoms with Gasteiger partial charge < -0.3 is 19.7 Å². The lowest BCUT2D eigenvalue weighted by Crippen LogP contribution is -2.36.